The smallest absolute Gasteiger partial charge is 0.337 e. The van der Waals surface area contributed by atoms with Crippen LogP contribution in [0.3, 0.4) is 0 Å². The number of ether oxygens (including phenoxy) is 2. The van der Waals surface area contributed by atoms with Gasteiger partial charge in [0.25, 0.3) is 0 Å². The first-order valence-corrected chi connectivity index (χ1v) is 8.42. The molecule has 0 aliphatic heterocycles. The van der Waals surface area contributed by atoms with Gasteiger partial charge in [0.1, 0.15) is 5.75 Å². The molecule has 0 unspecified atom stereocenters. The van der Waals surface area contributed by atoms with Gasteiger partial charge in [-0.3, -0.25) is 4.79 Å². The molecule has 1 N–H and O–H groups in total. The van der Waals surface area contributed by atoms with Crippen LogP contribution in [-0.2, 0) is 9.53 Å². The number of halogens is 1. The monoisotopic (exact) mass is 403 g/mol. The Labute approximate surface area is 154 Å². The summed E-state index contributed by atoms with van der Waals surface area (Å²) in [7, 11) is 1.31. The molecule has 0 heterocycles. The largest absolute Gasteiger partial charge is 0.493 e. The van der Waals surface area contributed by atoms with Gasteiger partial charge < -0.3 is 14.8 Å². The number of methoxy groups -OCH3 is 1. The second-order valence-electron chi connectivity index (χ2n) is 5.01. The maximum Gasteiger partial charge on any atom is 0.337 e. The molecule has 0 aliphatic carbocycles. The van der Waals surface area contributed by atoms with Gasteiger partial charge in [-0.05, 0) is 49.4 Å². The van der Waals surface area contributed by atoms with E-state index in [0.717, 1.165) is 10.0 Å². The van der Waals surface area contributed by atoms with Gasteiger partial charge in [-0.2, -0.15) is 0 Å². The van der Waals surface area contributed by atoms with E-state index in [1.54, 1.807) is 30.3 Å². The van der Waals surface area contributed by atoms with Gasteiger partial charge in [-0.25, -0.2) is 4.79 Å². The van der Waals surface area contributed by atoms with Gasteiger partial charge in [0.2, 0.25) is 5.91 Å². The second-order valence-corrected chi connectivity index (χ2v) is 5.93. The average molecular weight is 404 g/mol. The molecule has 0 fully saturated rings. The minimum absolute atomic E-state index is 0.315. The molecule has 0 radical (unpaired) electrons. The van der Waals surface area contributed by atoms with Crippen molar-refractivity contribution in [2.75, 3.05) is 19.0 Å². The summed E-state index contributed by atoms with van der Waals surface area (Å²) < 4.78 is 11.1. The highest BCUT2D eigenvalue weighted by Gasteiger charge is 2.07. The summed E-state index contributed by atoms with van der Waals surface area (Å²) in [5.41, 5.74) is 1.67. The highest BCUT2D eigenvalue weighted by Crippen LogP contribution is 2.24. The molecule has 0 spiro atoms. The maximum absolute atomic E-state index is 12.1. The third-order valence-corrected chi connectivity index (χ3v) is 3.73. The van der Waals surface area contributed by atoms with Crippen molar-refractivity contribution in [1.29, 1.82) is 0 Å². The third kappa shape index (κ3) is 5.46. The summed E-state index contributed by atoms with van der Waals surface area (Å²) in [6.45, 7) is 2.44. The molecule has 5 nitrogen and oxygen atoms in total. The molecule has 0 saturated carbocycles. The van der Waals surface area contributed by atoms with Crippen LogP contribution < -0.4 is 10.1 Å². The van der Waals surface area contributed by atoms with Gasteiger partial charge in [-0.15, -0.1) is 0 Å². The van der Waals surface area contributed by atoms with Crippen molar-refractivity contribution in [1.82, 2.24) is 0 Å². The van der Waals surface area contributed by atoms with Crippen LogP contribution in [0.5, 0.6) is 5.75 Å². The number of esters is 1. The number of benzene rings is 2. The molecule has 2 aromatic carbocycles. The number of rotatable bonds is 6. The Morgan fingerprint density at radius 3 is 2.72 bits per heavy atom. The molecule has 0 atom stereocenters. The standard InChI is InChI=1S/C19H18BrNO4/c1-3-25-17-9-8-15(20)11-13(17)7-10-18(22)21-16-6-4-5-14(12-16)19(23)24-2/h4-12H,3H2,1-2H3,(H,21,22). The Balaban J connectivity index is 2.11. The summed E-state index contributed by atoms with van der Waals surface area (Å²) in [5, 5.41) is 2.71. The molecule has 2 rings (SSSR count). The highest BCUT2D eigenvalue weighted by atomic mass is 79.9. The normalized spacial score (nSPS) is 10.5. The zero-order valence-corrected chi connectivity index (χ0v) is 15.5. The van der Waals surface area contributed by atoms with Crippen LogP contribution in [0, 0.1) is 0 Å². The summed E-state index contributed by atoms with van der Waals surface area (Å²) in [4.78, 5) is 23.6. The van der Waals surface area contributed by atoms with Crippen molar-refractivity contribution in [2.45, 2.75) is 6.92 Å². The Bertz CT molecular complexity index is 802. The first-order valence-electron chi connectivity index (χ1n) is 7.63. The Hall–Kier alpha value is -2.60. The van der Waals surface area contributed by atoms with E-state index in [9.17, 15) is 9.59 Å². The van der Waals surface area contributed by atoms with Crippen LogP contribution in [0.1, 0.15) is 22.8 Å². The number of anilines is 1. The van der Waals surface area contributed by atoms with Crippen molar-refractivity contribution < 1.29 is 19.1 Å². The van der Waals surface area contributed by atoms with Crippen molar-refractivity contribution in [2.24, 2.45) is 0 Å². The van der Waals surface area contributed by atoms with Gasteiger partial charge in [0.05, 0.1) is 19.3 Å². The molecule has 0 saturated heterocycles. The molecule has 0 aliphatic rings. The fourth-order valence-electron chi connectivity index (χ4n) is 2.13. The van der Waals surface area contributed by atoms with Crippen LogP contribution >= 0.6 is 15.9 Å². The van der Waals surface area contributed by atoms with Gasteiger partial charge in [-0.1, -0.05) is 22.0 Å². The number of amides is 1. The molecule has 0 aromatic heterocycles. The minimum atomic E-state index is -0.456. The van der Waals surface area contributed by atoms with Gasteiger partial charge in [0, 0.05) is 21.8 Å². The van der Waals surface area contributed by atoms with E-state index < -0.39 is 5.97 Å². The minimum Gasteiger partial charge on any atom is -0.493 e. The van der Waals surface area contributed by atoms with E-state index >= 15 is 0 Å². The number of nitrogens with one attached hydrogen (secondary N) is 1. The maximum atomic E-state index is 12.1. The van der Waals surface area contributed by atoms with E-state index in [-0.39, 0.29) is 5.91 Å². The summed E-state index contributed by atoms with van der Waals surface area (Å²) >= 11 is 3.40. The van der Waals surface area contributed by atoms with Crippen molar-refractivity contribution >= 4 is 39.6 Å². The molecule has 130 valence electrons. The van der Waals surface area contributed by atoms with E-state index in [0.29, 0.717) is 23.6 Å². The Morgan fingerprint density at radius 1 is 1.20 bits per heavy atom. The molecule has 25 heavy (non-hydrogen) atoms. The molecule has 1 amide bonds. The number of hydrogen-bond donors (Lipinski definition) is 1. The van der Waals surface area contributed by atoms with E-state index in [1.807, 2.05) is 25.1 Å². The number of hydrogen-bond acceptors (Lipinski definition) is 4. The predicted octanol–water partition coefficient (Wildman–Crippen LogP) is 4.29. The lowest BCUT2D eigenvalue weighted by atomic mass is 10.2. The van der Waals surface area contributed by atoms with Crippen LogP contribution in [0.15, 0.2) is 53.0 Å². The molecular formula is C19H18BrNO4. The summed E-state index contributed by atoms with van der Waals surface area (Å²) in [6, 6.07) is 12.1. The zero-order chi connectivity index (χ0) is 18.2. The zero-order valence-electron chi connectivity index (χ0n) is 13.9. The number of carbonyl (C=O) groups is 2. The molecule has 0 bridgehead atoms. The Kier molecular flexibility index (Phi) is 6.77. The van der Waals surface area contributed by atoms with Gasteiger partial charge >= 0.3 is 5.97 Å². The predicted molar refractivity (Wildman–Crippen MR) is 101 cm³/mol. The third-order valence-electron chi connectivity index (χ3n) is 3.24. The van der Waals surface area contributed by atoms with Crippen molar-refractivity contribution in [3.63, 3.8) is 0 Å². The van der Waals surface area contributed by atoms with Gasteiger partial charge in [0.15, 0.2) is 0 Å². The van der Waals surface area contributed by atoms with Crippen LogP contribution in [0.25, 0.3) is 6.08 Å². The quantitative estimate of drug-likeness (QED) is 0.577. The number of carbonyl (C=O) groups excluding carboxylic acids is 2. The van der Waals surface area contributed by atoms with Crippen molar-refractivity contribution in [3.05, 3.63) is 64.1 Å². The van der Waals surface area contributed by atoms with Crippen LogP contribution in [0.4, 0.5) is 5.69 Å². The first kappa shape index (κ1) is 18.7. The topological polar surface area (TPSA) is 64.6 Å². The van der Waals surface area contributed by atoms with E-state index in [1.165, 1.54) is 13.2 Å². The lowest BCUT2D eigenvalue weighted by Crippen LogP contribution is -2.09. The van der Waals surface area contributed by atoms with Crippen LogP contribution in [0.2, 0.25) is 0 Å². The molecular weight excluding hydrogens is 386 g/mol. The lowest BCUT2D eigenvalue weighted by molar-refractivity contribution is -0.111. The fourth-order valence-corrected chi connectivity index (χ4v) is 2.51. The molecule has 2 aromatic rings. The first-order chi connectivity index (χ1) is 12.0. The van der Waals surface area contributed by atoms with Crippen LogP contribution in [-0.4, -0.2) is 25.6 Å². The SMILES string of the molecule is CCOc1ccc(Br)cc1C=CC(=O)Nc1cccc(C(=O)OC)c1. The average Bonchev–Trinajstić information content (AvgIpc) is 2.61. The fraction of sp³-hybridized carbons (Fsp3) is 0.158. The summed E-state index contributed by atoms with van der Waals surface area (Å²) in [6.07, 6.45) is 3.09. The Morgan fingerprint density at radius 2 is 2.00 bits per heavy atom. The lowest BCUT2D eigenvalue weighted by Gasteiger charge is -2.08. The summed E-state index contributed by atoms with van der Waals surface area (Å²) in [5.74, 6) is -0.0750. The molecule has 6 heteroatoms. The van der Waals surface area contributed by atoms with Crippen molar-refractivity contribution in [3.8, 4) is 5.75 Å². The second kappa shape index (κ2) is 9.03. The highest BCUT2D eigenvalue weighted by molar-refractivity contribution is 9.10. The van der Waals surface area contributed by atoms with E-state index in [4.69, 9.17) is 4.74 Å². The van der Waals surface area contributed by atoms with E-state index in [2.05, 4.69) is 26.0 Å².